The van der Waals surface area contributed by atoms with Crippen molar-refractivity contribution in [3.05, 3.63) is 45.4 Å². The minimum Gasteiger partial charge on any atom is -0.479 e. The number of hydrogen-bond acceptors (Lipinski definition) is 5. The Balaban J connectivity index is 2.35. The third-order valence-corrected chi connectivity index (χ3v) is 3.38. The second-order valence-corrected chi connectivity index (χ2v) is 5.48. The molecule has 11 heteroatoms. The second kappa shape index (κ2) is 7.68. The maximum Gasteiger partial charge on any atom is 0.416 e. The number of nitrogens with zero attached hydrogens (tertiary/aromatic N) is 2. The Kier molecular flexibility index (Phi) is 5.79. The van der Waals surface area contributed by atoms with E-state index >= 15 is 0 Å². The van der Waals surface area contributed by atoms with Gasteiger partial charge in [0.25, 0.3) is 0 Å². The second-order valence-electron chi connectivity index (χ2n) is 4.67. The number of carbonyl (C=O) groups is 1. The van der Waals surface area contributed by atoms with E-state index in [0.717, 1.165) is 0 Å². The van der Waals surface area contributed by atoms with Crippen LogP contribution in [0.5, 0.6) is 17.5 Å². The number of aromatic nitrogens is 1. The number of benzene rings is 1. The lowest BCUT2D eigenvalue weighted by Gasteiger charge is -2.13. The van der Waals surface area contributed by atoms with Gasteiger partial charge in [0, 0.05) is 6.07 Å². The van der Waals surface area contributed by atoms with Crippen molar-refractivity contribution in [1.82, 2.24) is 4.98 Å². The SMILES string of the molecule is N#Cc1ccc(Oc2c(Cl)cc(C(F)(F)F)cc2Cl)nc1OCC(=O)O. The highest BCUT2D eigenvalue weighted by Crippen LogP contribution is 2.41. The van der Waals surface area contributed by atoms with Crippen molar-refractivity contribution in [2.45, 2.75) is 6.18 Å². The standard InChI is InChI=1S/C15H7Cl2F3N2O4/c16-9-3-8(15(18,19)20)4-10(17)13(9)26-11-2-1-7(5-21)14(22-11)25-6-12(23)24/h1-4H,6H2,(H,23,24). The number of alkyl halides is 3. The molecule has 0 atom stereocenters. The summed E-state index contributed by atoms with van der Waals surface area (Å²) in [7, 11) is 0. The highest BCUT2D eigenvalue weighted by molar-refractivity contribution is 6.37. The van der Waals surface area contributed by atoms with Crippen molar-refractivity contribution < 1.29 is 32.5 Å². The minimum atomic E-state index is -4.64. The van der Waals surface area contributed by atoms with Gasteiger partial charge in [-0.2, -0.15) is 23.4 Å². The van der Waals surface area contributed by atoms with Crippen molar-refractivity contribution in [3.8, 4) is 23.6 Å². The van der Waals surface area contributed by atoms with Crippen molar-refractivity contribution in [1.29, 1.82) is 5.26 Å². The molecule has 0 amide bonds. The molecule has 2 aromatic rings. The molecule has 2 rings (SSSR count). The Hall–Kier alpha value is -2.70. The zero-order valence-corrected chi connectivity index (χ0v) is 14.0. The molecule has 0 radical (unpaired) electrons. The average molecular weight is 407 g/mol. The lowest BCUT2D eigenvalue weighted by molar-refractivity contribution is -0.139. The van der Waals surface area contributed by atoms with E-state index in [-0.39, 0.29) is 23.1 Å². The van der Waals surface area contributed by atoms with E-state index in [4.69, 9.17) is 43.0 Å². The number of hydrogen-bond donors (Lipinski definition) is 1. The molecule has 1 aromatic heterocycles. The molecule has 1 aromatic carbocycles. The van der Waals surface area contributed by atoms with Crippen LogP contribution in [0.25, 0.3) is 0 Å². The summed E-state index contributed by atoms with van der Waals surface area (Å²) in [5.41, 5.74) is -1.12. The van der Waals surface area contributed by atoms with E-state index in [2.05, 4.69) is 4.98 Å². The molecule has 1 heterocycles. The lowest BCUT2D eigenvalue weighted by Crippen LogP contribution is -2.11. The summed E-state index contributed by atoms with van der Waals surface area (Å²) in [6.07, 6.45) is -4.64. The van der Waals surface area contributed by atoms with Crippen LogP contribution in [0.2, 0.25) is 10.0 Å². The highest BCUT2D eigenvalue weighted by Gasteiger charge is 2.32. The number of carboxylic acids is 1. The Morgan fingerprint density at radius 1 is 1.27 bits per heavy atom. The van der Waals surface area contributed by atoms with Crippen LogP contribution >= 0.6 is 23.2 Å². The lowest BCUT2D eigenvalue weighted by atomic mass is 10.2. The summed E-state index contributed by atoms with van der Waals surface area (Å²) in [5, 5.41) is 16.7. The Morgan fingerprint density at radius 2 is 1.88 bits per heavy atom. The molecule has 136 valence electrons. The smallest absolute Gasteiger partial charge is 0.416 e. The number of carboxylic acid groups (broad SMARTS) is 1. The quantitative estimate of drug-likeness (QED) is 0.783. The molecule has 1 N–H and O–H groups in total. The molecule has 6 nitrogen and oxygen atoms in total. The molecular formula is C15H7Cl2F3N2O4. The first kappa shape index (κ1) is 19.6. The van der Waals surface area contributed by atoms with Crippen LogP contribution in [-0.4, -0.2) is 22.7 Å². The topological polar surface area (TPSA) is 92.4 Å². The molecule has 0 saturated carbocycles. The average Bonchev–Trinajstić information content (AvgIpc) is 2.55. The van der Waals surface area contributed by atoms with Crippen LogP contribution in [0, 0.1) is 11.3 Å². The normalized spacial score (nSPS) is 10.9. The molecule has 0 aliphatic carbocycles. The van der Waals surface area contributed by atoms with Gasteiger partial charge < -0.3 is 14.6 Å². The van der Waals surface area contributed by atoms with Crippen molar-refractivity contribution >= 4 is 29.2 Å². The summed E-state index contributed by atoms with van der Waals surface area (Å²) >= 11 is 11.6. The van der Waals surface area contributed by atoms with Crippen LogP contribution in [0.3, 0.4) is 0 Å². The van der Waals surface area contributed by atoms with Gasteiger partial charge in [-0.15, -0.1) is 0 Å². The maximum atomic E-state index is 12.7. The largest absolute Gasteiger partial charge is 0.479 e. The summed E-state index contributed by atoms with van der Waals surface area (Å²) in [5.74, 6) is -2.13. The van der Waals surface area contributed by atoms with Crippen molar-refractivity contribution in [3.63, 3.8) is 0 Å². The number of halogens is 5. The van der Waals surface area contributed by atoms with Gasteiger partial charge in [0.2, 0.25) is 11.8 Å². The van der Waals surface area contributed by atoms with Crippen molar-refractivity contribution in [2.75, 3.05) is 6.61 Å². The third-order valence-electron chi connectivity index (χ3n) is 2.82. The molecule has 0 bridgehead atoms. The first-order valence-electron chi connectivity index (χ1n) is 6.61. The van der Waals surface area contributed by atoms with Crippen LogP contribution in [0.15, 0.2) is 24.3 Å². The molecular weight excluding hydrogens is 400 g/mol. The first-order chi connectivity index (χ1) is 12.1. The fourth-order valence-corrected chi connectivity index (χ4v) is 2.30. The predicted octanol–water partition coefficient (Wildman–Crippen LogP) is 4.53. The minimum absolute atomic E-state index is 0.0665. The summed E-state index contributed by atoms with van der Waals surface area (Å²) < 4.78 is 48.3. The van der Waals surface area contributed by atoms with Gasteiger partial charge in [-0.3, -0.25) is 0 Å². The van der Waals surface area contributed by atoms with E-state index in [1.54, 1.807) is 6.07 Å². The zero-order valence-electron chi connectivity index (χ0n) is 12.5. The summed E-state index contributed by atoms with van der Waals surface area (Å²) in [4.78, 5) is 14.4. The fraction of sp³-hybridized carbons (Fsp3) is 0.133. The summed E-state index contributed by atoms with van der Waals surface area (Å²) in [6, 6.07) is 5.46. The van der Waals surface area contributed by atoms with E-state index in [1.165, 1.54) is 12.1 Å². The molecule has 26 heavy (non-hydrogen) atoms. The summed E-state index contributed by atoms with van der Waals surface area (Å²) in [6.45, 7) is -0.757. The number of aliphatic carboxylic acids is 1. The van der Waals surface area contributed by atoms with Gasteiger partial charge in [0.15, 0.2) is 12.4 Å². The van der Waals surface area contributed by atoms with Crippen LogP contribution < -0.4 is 9.47 Å². The Bertz CT molecular complexity index is 874. The zero-order chi connectivity index (χ0) is 19.5. The molecule has 0 spiro atoms. The first-order valence-corrected chi connectivity index (χ1v) is 7.37. The van der Waals surface area contributed by atoms with E-state index in [9.17, 15) is 18.0 Å². The highest BCUT2D eigenvalue weighted by atomic mass is 35.5. The predicted molar refractivity (Wildman–Crippen MR) is 83.6 cm³/mol. The van der Waals surface area contributed by atoms with Gasteiger partial charge in [-0.1, -0.05) is 23.2 Å². The van der Waals surface area contributed by atoms with E-state index in [0.29, 0.717) is 12.1 Å². The van der Waals surface area contributed by atoms with Gasteiger partial charge in [-0.25, -0.2) is 4.79 Å². The number of nitriles is 1. The van der Waals surface area contributed by atoms with Crippen LogP contribution in [-0.2, 0) is 11.0 Å². The monoisotopic (exact) mass is 406 g/mol. The van der Waals surface area contributed by atoms with Crippen molar-refractivity contribution in [2.24, 2.45) is 0 Å². The molecule has 0 fully saturated rings. The van der Waals surface area contributed by atoms with Crippen LogP contribution in [0.4, 0.5) is 13.2 Å². The number of ether oxygens (including phenoxy) is 2. The number of pyridine rings is 1. The Morgan fingerprint density at radius 3 is 2.38 bits per heavy atom. The Labute approximate surface area is 154 Å². The molecule has 0 aliphatic heterocycles. The van der Waals surface area contributed by atoms with Gasteiger partial charge in [-0.05, 0) is 18.2 Å². The fourth-order valence-electron chi connectivity index (χ4n) is 1.73. The van der Waals surface area contributed by atoms with Gasteiger partial charge >= 0.3 is 12.1 Å². The van der Waals surface area contributed by atoms with E-state index < -0.39 is 34.4 Å². The third kappa shape index (κ3) is 4.68. The molecule has 0 unspecified atom stereocenters. The molecule has 0 saturated heterocycles. The number of rotatable bonds is 5. The van der Waals surface area contributed by atoms with Gasteiger partial charge in [0.05, 0.1) is 15.6 Å². The van der Waals surface area contributed by atoms with Crippen LogP contribution in [0.1, 0.15) is 11.1 Å². The van der Waals surface area contributed by atoms with E-state index in [1.807, 2.05) is 0 Å². The van der Waals surface area contributed by atoms with Gasteiger partial charge in [0.1, 0.15) is 11.6 Å². The maximum absolute atomic E-state index is 12.7. The molecule has 0 aliphatic rings.